The second kappa shape index (κ2) is 7.66. The Bertz CT molecular complexity index is 942. The number of sulfone groups is 1. The molecule has 0 radical (unpaired) electrons. The molecule has 8 heteroatoms. The third-order valence-electron chi connectivity index (χ3n) is 5.74. The fourth-order valence-electron chi connectivity index (χ4n) is 3.98. The first-order valence-corrected chi connectivity index (χ1v) is 11.5. The SMILES string of the molecule is Cn1ccc(NC(=O)C(CC2CCCC2)c2ccc(S(=O)(=O)C3CC3)nc2)n1. The number of aromatic nitrogens is 3. The van der Waals surface area contributed by atoms with Crippen molar-refractivity contribution in [2.75, 3.05) is 5.32 Å². The smallest absolute Gasteiger partial charge is 0.233 e. The molecule has 2 saturated carbocycles. The summed E-state index contributed by atoms with van der Waals surface area (Å²) < 4.78 is 26.4. The van der Waals surface area contributed by atoms with Gasteiger partial charge in [-0.25, -0.2) is 13.4 Å². The largest absolute Gasteiger partial charge is 0.309 e. The Hall–Kier alpha value is -2.22. The number of carbonyl (C=O) groups is 1. The molecule has 0 aliphatic heterocycles. The van der Waals surface area contributed by atoms with Crippen LogP contribution in [0.4, 0.5) is 5.82 Å². The van der Waals surface area contributed by atoms with Crippen LogP contribution in [0.1, 0.15) is 56.4 Å². The molecule has 2 fully saturated rings. The maximum absolute atomic E-state index is 13.0. The highest BCUT2D eigenvalue weighted by Crippen LogP contribution is 2.36. The Morgan fingerprint density at radius 3 is 2.54 bits per heavy atom. The first-order chi connectivity index (χ1) is 13.4. The maximum atomic E-state index is 13.0. The van der Waals surface area contributed by atoms with Gasteiger partial charge in [0.25, 0.3) is 0 Å². The summed E-state index contributed by atoms with van der Waals surface area (Å²) >= 11 is 0. The monoisotopic (exact) mass is 402 g/mol. The lowest BCUT2D eigenvalue weighted by Gasteiger charge is -2.20. The van der Waals surface area contributed by atoms with Gasteiger partial charge in [-0.2, -0.15) is 5.10 Å². The summed E-state index contributed by atoms with van der Waals surface area (Å²) in [6.45, 7) is 0. The maximum Gasteiger partial charge on any atom is 0.233 e. The van der Waals surface area contributed by atoms with Crippen molar-refractivity contribution in [3.05, 3.63) is 36.2 Å². The number of hydrogen-bond donors (Lipinski definition) is 1. The number of aryl methyl sites for hydroxylation is 1. The molecule has 0 aromatic carbocycles. The second-order valence-corrected chi connectivity index (χ2v) is 10.2. The lowest BCUT2D eigenvalue weighted by molar-refractivity contribution is -0.118. The van der Waals surface area contributed by atoms with Gasteiger partial charge in [0.05, 0.1) is 11.2 Å². The molecule has 1 N–H and O–H groups in total. The van der Waals surface area contributed by atoms with E-state index in [2.05, 4.69) is 15.4 Å². The van der Waals surface area contributed by atoms with Gasteiger partial charge in [0.2, 0.25) is 5.91 Å². The number of hydrogen-bond acceptors (Lipinski definition) is 5. The van der Waals surface area contributed by atoms with Crippen LogP contribution >= 0.6 is 0 Å². The topological polar surface area (TPSA) is 94.0 Å². The third-order valence-corrected chi connectivity index (χ3v) is 7.92. The van der Waals surface area contributed by atoms with E-state index in [0.29, 0.717) is 24.6 Å². The quantitative estimate of drug-likeness (QED) is 0.768. The second-order valence-electron chi connectivity index (χ2n) is 7.98. The van der Waals surface area contributed by atoms with Crippen LogP contribution in [0.15, 0.2) is 35.6 Å². The minimum Gasteiger partial charge on any atom is -0.309 e. The average Bonchev–Trinajstić information content (AvgIpc) is 3.29. The van der Waals surface area contributed by atoms with Gasteiger partial charge in [-0.15, -0.1) is 0 Å². The zero-order valence-corrected chi connectivity index (χ0v) is 16.9. The molecule has 2 aliphatic carbocycles. The number of amides is 1. The zero-order valence-electron chi connectivity index (χ0n) is 16.0. The van der Waals surface area contributed by atoms with Crippen molar-refractivity contribution >= 4 is 21.6 Å². The van der Waals surface area contributed by atoms with E-state index in [-0.39, 0.29) is 22.1 Å². The molecule has 2 heterocycles. The minimum absolute atomic E-state index is 0.114. The normalized spacial score (nSPS) is 18.9. The number of nitrogens with zero attached hydrogens (tertiary/aromatic N) is 3. The molecular weight excluding hydrogens is 376 g/mol. The highest BCUT2D eigenvalue weighted by Gasteiger charge is 2.38. The highest BCUT2D eigenvalue weighted by molar-refractivity contribution is 7.92. The predicted octanol–water partition coefficient (Wildman–Crippen LogP) is 3.05. The first-order valence-electron chi connectivity index (χ1n) is 9.94. The van der Waals surface area contributed by atoms with Gasteiger partial charge in [0.15, 0.2) is 20.7 Å². The van der Waals surface area contributed by atoms with Crippen LogP contribution in [-0.2, 0) is 21.7 Å². The van der Waals surface area contributed by atoms with Crippen LogP contribution in [0, 0.1) is 5.92 Å². The van der Waals surface area contributed by atoms with Crippen molar-refractivity contribution in [2.24, 2.45) is 13.0 Å². The van der Waals surface area contributed by atoms with Gasteiger partial charge in [0, 0.05) is 25.5 Å². The van der Waals surface area contributed by atoms with Crippen molar-refractivity contribution in [2.45, 2.75) is 61.1 Å². The minimum atomic E-state index is -3.32. The fourth-order valence-corrected chi connectivity index (χ4v) is 5.54. The van der Waals surface area contributed by atoms with Gasteiger partial charge < -0.3 is 5.32 Å². The first kappa shape index (κ1) is 19.1. The van der Waals surface area contributed by atoms with Gasteiger partial charge in [-0.05, 0) is 36.8 Å². The number of carbonyl (C=O) groups excluding carboxylic acids is 1. The van der Waals surface area contributed by atoms with E-state index in [9.17, 15) is 13.2 Å². The molecule has 0 spiro atoms. The van der Waals surface area contributed by atoms with Gasteiger partial charge >= 0.3 is 0 Å². The van der Waals surface area contributed by atoms with Crippen molar-refractivity contribution in [1.82, 2.24) is 14.8 Å². The van der Waals surface area contributed by atoms with E-state index in [0.717, 1.165) is 24.8 Å². The standard InChI is InChI=1S/C20H26N4O3S/c1-24-11-10-18(23-24)22-20(25)17(12-14-4-2-3-5-14)15-6-9-19(21-13-15)28(26,27)16-7-8-16/h6,9-11,13-14,16-17H,2-5,7-8,12H2,1H3,(H,22,23,25). The van der Waals surface area contributed by atoms with Gasteiger partial charge in [-0.3, -0.25) is 9.48 Å². The van der Waals surface area contributed by atoms with Crippen LogP contribution in [0.5, 0.6) is 0 Å². The van der Waals surface area contributed by atoms with Crippen LogP contribution in [0.25, 0.3) is 0 Å². The zero-order chi connectivity index (χ0) is 19.7. The lowest BCUT2D eigenvalue weighted by Crippen LogP contribution is -2.24. The summed E-state index contributed by atoms with van der Waals surface area (Å²) in [5, 5.41) is 6.94. The molecule has 0 bridgehead atoms. The number of nitrogens with one attached hydrogen (secondary N) is 1. The average molecular weight is 403 g/mol. The molecular formula is C20H26N4O3S. The Balaban J connectivity index is 1.56. The van der Waals surface area contributed by atoms with Crippen molar-refractivity contribution in [3.8, 4) is 0 Å². The predicted molar refractivity (Wildman–Crippen MR) is 106 cm³/mol. The van der Waals surface area contributed by atoms with Crippen molar-refractivity contribution in [1.29, 1.82) is 0 Å². The van der Waals surface area contributed by atoms with E-state index in [1.54, 1.807) is 42.3 Å². The third kappa shape index (κ3) is 4.11. The van der Waals surface area contributed by atoms with Crippen LogP contribution in [0.2, 0.25) is 0 Å². The summed E-state index contributed by atoms with van der Waals surface area (Å²) in [6.07, 6.45) is 10.2. The summed E-state index contributed by atoms with van der Waals surface area (Å²) in [4.78, 5) is 17.2. The Morgan fingerprint density at radius 1 is 1.21 bits per heavy atom. The Morgan fingerprint density at radius 2 is 1.96 bits per heavy atom. The summed E-state index contributed by atoms with van der Waals surface area (Å²) in [5.41, 5.74) is 0.759. The van der Waals surface area contributed by atoms with Crippen molar-refractivity contribution < 1.29 is 13.2 Å². The highest BCUT2D eigenvalue weighted by atomic mass is 32.2. The van der Waals surface area contributed by atoms with E-state index in [1.165, 1.54) is 12.8 Å². The molecule has 1 unspecified atom stereocenters. The summed E-state index contributed by atoms with van der Waals surface area (Å²) in [6, 6.07) is 5.06. The summed E-state index contributed by atoms with van der Waals surface area (Å²) in [5.74, 6) is 0.541. The molecule has 28 heavy (non-hydrogen) atoms. The van der Waals surface area contributed by atoms with Gasteiger partial charge in [0.1, 0.15) is 0 Å². The fraction of sp³-hybridized carbons (Fsp3) is 0.550. The van der Waals surface area contributed by atoms with E-state index < -0.39 is 9.84 Å². The lowest BCUT2D eigenvalue weighted by atomic mass is 9.88. The van der Waals surface area contributed by atoms with Crippen molar-refractivity contribution in [3.63, 3.8) is 0 Å². The van der Waals surface area contributed by atoms with Crippen LogP contribution in [0.3, 0.4) is 0 Å². The molecule has 2 aliphatic rings. The Kier molecular flexibility index (Phi) is 5.23. The van der Waals surface area contributed by atoms with E-state index in [1.807, 2.05) is 0 Å². The molecule has 4 rings (SSSR count). The van der Waals surface area contributed by atoms with E-state index in [4.69, 9.17) is 0 Å². The number of anilines is 1. The molecule has 1 amide bonds. The number of pyridine rings is 1. The molecule has 7 nitrogen and oxygen atoms in total. The van der Waals surface area contributed by atoms with Crippen LogP contribution in [-0.4, -0.2) is 34.3 Å². The number of rotatable bonds is 7. The van der Waals surface area contributed by atoms with Crippen LogP contribution < -0.4 is 5.32 Å². The molecule has 0 saturated heterocycles. The summed E-state index contributed by atoms with van der Waals surface area (Å²) in [7, 11) is -1.52. The molecule has 2 aromatic rings. The van der Waals surface area contributed by atoms with E-state index >= 15 is 0 Å². The molecule has 150 valence electrons. The van der Waals surface area contributed by atoms with Gasteiger partial charge in [-0.1, -0.05) is 31.7 Å². The molecule has 2 aromatic heterocycles. The molecule has 1 atom stereocenters. The Labute approximate surface area is 165 Å².